The molecule has 2 N–H and O–H groups in total. The van der Waals surface area contributed by atoms with Crippen LogP contribution in [0.5, 0.6) is 0 Å². The van der Waals surface area contributed by atoms with E-state index in [0.717, 1.165) is 73.6 Å². The van der Waals surface area contributed by atoms with Gasteiger partial charge in [-0.1, -0.05) is 31.5 Å². The molecular formula is C30H36ClN3O3. The Morgan fingerprint density at radius 2 is 1.97 bits per heavy atom. The van der Waals surface area contributed by atoms with E-state index in [-0.39, 0.29) is 17.6 Å². The smallest absolute Gasteiger partial charge is 0.346 e. The zero-order valence-electron chi connectivity index (χ0n) is 21.9. The Bertz CT molecular complexity index is 1230. The standard InChI is InChI=1S/C30H36ClN3O3/c1-4-34-26-10-9-24(31)17-25(26)30(2,3)27(34)11-8-21-6-5-7-22(16-23(18-32)29(36)37)28(21)33-14-12-20(19-35)13-15-33/h8-11,16-17,20,35H,4-7,12-15,19H2,1-3H3,(H,36,37)/b21-8+,23-16+,27-11+. The molecule has 1 fully saturated rings. The summed E-state index contributed by atoms with van der Waals surface area (Å²) in [5.74, 6) is -0.903. The molecule has 0 unspecified atom stereocenters. The molecule has 6 nitrogen and oxygen atoms in total. The second-order valence-electron chi connectivity index (χ2n) is 10.6. The Labute approximate surface area is 224 Å². The van der Waals surface area contributed by atoms with E-state index in [4.69, 9.17) is 11.6 Å². The van der Waals surface area contributed by atoms with E-state index < -0.39 is 5.97 Å². The highest BCUT2D eigenvalue weighted by atomic mass is 35.5. The number of aliphatic hydroxyl groups excluding tert-OH is 1. The molecule has 0 amide bonds. The van der Waals surface area contributed by atoms with Gasteiger partial charge in [-0.25, -0.2) is 4.79 Å². The number of aliphatic hydroxyl groups is 1. The molecular weight excluding hydrogens is 486 g/mol. The highest BCUT2D eigenvalue weighted by Crippen LogP contribution is 2.48. The average Bonchev–Trinajstić information content (AvgIpc) is 3.10. The molecule has 1 saturated heterocycles. The zero-order chi connectivity index (χ0) is 26.7. The van der Waals surface area contributed by atoms with Crippen molar-refractivity contribution in [3.8, 4) is 6.07 Å². The number of rotatable bonds is 6. The molecule has 0 spiro atoms. The number of carbonyl (C=O) groups is 1. The quantitative estimate of drug-likeness (QED) is 0.355. The number of benzene rings is 1. The molecule has 3 aliphatic rings. The molecule has 0 atom stereocenters. The molecule has 37 heavy (non-hydrogen) atoms. The lowest BCUT2D eigenvalue weighted by Gasteiger charge is -2.38. The minimum Gasteiger partial charge on any atom is -0.477 e. The fourth-order valence-corrected chi connectivity index (χ4v) is 6.12. The van der Waals surface area contributed by atoms with Crippen molar-refractivity contribution in [2.75, 3.05) is 31.1 Å². The summed E-state index contributed by atoms with van der Waals surface area (Å²) in [6, 6.07) is 7.93. The van der Waals surface area contributed by atoms with Crippen LogP contribution in [0.15, 0.2) is 64.5 Å². The number of likely N-dealkylation sites (tertiary alicyclic amines) is 1. The first-order valence-corrected chi connectivity index (χ1v) is 13.5. The molecule has 0 bridgehead atoms. The second kappa shape index (κ2) is 11.2. The van der Waals surface area contributed by atoms with Gasteiger partial charge in [-0.15, -0.1) is 0 Å². The maximum absolute atomic E-state index is 11.6. The SMILES string of the molecule is CCN1/C(=C/C=C2\CCCC(/C=C(\C#N)C(=O)O)=C2N2CCC(CO)CC2)C(C)(C)c2cc(Cl)ccc21. The number of hydrogen-bond acceptors (Lipinski definition) is 5. The Hall–Kier alpha value is -3.01. The maximum atomic E-state index is 11.6. The lowest BCUT2D eigenvalue weighted by atomic mass is 9.83. The Balaban J connectivity index is 1.80. The lowest BCUT2D eigenvalue weighted by molar-refractivity contribution is -0.132. The van der Waals surface area contributed by atoms with Crippen molar-refractivity contribution in [1.29, 1.82) is 5.26 Å². The summed E-state index contributed by atoms with van der Waals surface area (Å²) in [4.78, 5) is 16.3. The number of piperidine rings is 1. The number of nitriles is 1. The predicted octanol–water partition coefficient (Wildman–Crippen LogP) is 5.94. The summed E-state index contributed by atoms with van der Waals surface area (Å²) in [6.07, 6.45) is 10.3. The summed E-state index contributed by atoms with van der Waals surface area (Å²) < 4.78 is 0. The van der Waals surface area contributed by atoms with Gasteiger partial charge in [0.05, 0.1) is 0 Å². The summed E-state index contributed by atoms with van der Waals surface area (Å²) in [6.45, 7) is 9.23. The molecule has 0 saturated carbocycles. The van der Waals surface area contributed by atoms with Crippen molar-refractivity contribution >= 4 is 23.3 Å². The fourth-order valence-electron chi connectivity index (χ4n) is 5.94. The van der Waals surface area contributed by atoms with Gasteiger partial charge in [0.2, 0.25) is 0 Å². The molecule has 4 rings (SSSR count). The number of nitrogens with zero attached hydrogens (tertiary/aromatic N) is 3. The molecule has 0 aromatic heterocycles. The molecule has 1 aromatic carbocycles. The van der Waals surface area contributed by atoms with E-state index in [0.29, 0.717) is 5.92 Å². The second-order valence-corrected chi connectivity index (χ2v) is 11.0. The van der Waals surface area contributed by atoms with Gasteiger partial charge in [-0.3, -0.25) is 0 Å². The van der Waals surface area contributed by atoms with Gasteiger partial charge in [0.25, 0.3) is 0 Å². The van der Waals surface area contributed by atoms with Gasteiger partial charge in [-0.05, 0) is 92.0 Å². The topological polar surface area (TPSA) is 87.8 Å². The van der Waals surface area contributed by atoms with Crippen LogP contribution in [0.4, 0.5) is 5.69 Å². The van der Waals surface area contributed by atoms with Crippen molar-refractivity contribution in [3.63, 3.8) is 0 Å². The first kappa shape index (κ1) is 27.0. The van der Waals surface area contributed by atoms with Crippen LogP contribution in [0, 0.1) is 17.2 Å². The van der Waals surface area contributed by atoms with E-state index >= 15 is 0 Å². The fraction of sp³-hybridized carbons (Fsp3) is 0.467. The number of likely N-dealkylation sites (N-methyl/N-ethyl adjacent to an activating group) is 1. The molecule has 0 radical (unpaired) electrons. The van der Waals surface area contributed by atoms with Gasteiger partial charge < -0.3 is 20.0 Å². The van der Waals surface area contributed by atoms with E-state index in [1.807, 2.05) is 12.1 Å². The number of carboxylic acid groups (broad SMARTS) is 1. The van der Waals surface area contributed by atoms with Crippen molar-refractivity contribution < 1.29 is 15.0 Å². The predicted molar refractivity (Wildman–Crippen MR) is 147 cm³/mol. The normalized spacial score (nSPS) is 22.5. The highest BCUT2D eigenvalue weighted by molar-refractivity contribution is 6.30. The van der Waals surface area contributed by atoms with Gasteiger partial charge >= 0.3 is 5.97 Å². The molecule has 2 aliphatic heterocycles. The van der Waals surface area contributed by atoms with Crippen LogP contribution in [0.3, 0.4) is 0 Å². The minimum absolute atomic E-state index is 0.193. The van der Waals surface area contributed by atoms with Gasteiger partial charge in [-0.2, -0.15) is 5.26 Å². The van der Waals surface area contributed by atoms with E-state index in [2.05, 4.69) is 54.9 Å². The number of halogens is 1. The van der Waals surface area contributed by atoms with Crippen LogP contribution >= 0.6 is 11.6 Å². The summed E-state index contributed by atoms with van der Waals surface area (Å²) >= 11 is 6.36. The Kier molecular flexibility index (Phi) is 8.16. The van der Waals surface area contributed by atoms with Crippen molar-refractivity contribution in [2.24, 2.45) is 5.92 Å². The number of hydrogen-bond donors (Lipinski definition) is 2. The number of anilines is 1. The van der Waals surface area contributed by atoms with Crippen LogP contribution in [0.25, 0.3) is 0 Å². The van der Waals surface area contributed by atoms with Crippen LogP contribution in [-0.4, -0.2) is 47.3 Å². The van der Waals surface area contributed by atoms with Crippen molar-refractivity contribution in [1.82, 2.24) is 4.90 Å². The van der Waals surface area contributed by atoms with Crippen molar-refractivity contribution in [2.45, 2.75) is 58.3 Å². The van der Waals surface area contributed by atoms with Crippen LogP contribution in [0.1, 0.15) is 58.4 Å². The summed E-state index contributed by atoms with van der Waals surface area (Å²) in [5.41, 5.74) is 6.25. The van der Waals surface area contributed by atoms with E-state index in [1.165, 1.54) is 16.9 Å². The monoisotopic (exact) mass is 521 g/mol. The minimum atomic E-state index is -1.20. The Morgan fingerprint density at radius 3 is 2.59 bits per heavy atom. The highest BCUT2D eigenvalue weighted by Gasteiger charge is 2.39. The number of fused-ring (bicyclic) bond motifs is 1. The third kappa shape index (κ3) is 5.35. The molecule has 2 heterocycles. The van der Waals surface area contributed by atoms with E-state index in [9.17, 15) is 20.3 Å². The van der Waals surface area contributed by atoms with Crippen LogP contribution in [-0.2, 0) is 10.2 Å². The molecule has 1 aliphatic carbocycles. The first-order chi connectivity index (χ1) is 17.7. The molecule has 196 valence electrons. The van der Waals surface area contributed by atoms with Gasteiger partial charge in [0, 0.05) is 53.8 Å². The zero-order valence-corrected chi connectivity index (χ0v) is 22.7. The Morgan fingerprint density at radius 1 is 1.24 bits per heavy atom. The third-order valence-corrected chi connectivity index (χ3v) is 8.21. The van der Waals surface area contributed by atoms with Crippen LogP contribution < -0.4 is 4.90 Å². The number of allylic oxidation sites excluding steroid dienone is 6. The number of aliphatic carboxylic acids is 1. The maximum Gasteiger partial charge on any atom is 0.346 e. The van der Waals surface area contributed by atoms with Crippen LogP contribution in [0.2, 0.25) is 5.02 Å². The third-order valence-electron chi connectivity index (χ3n) is 7.97. The summed E-state index contributed by atoms with van der Waals surface area (Å²) in [7, 11) is 0. The van der Waals surface area contributed by atoms with Gasteiger partial charge in [0.1, 0.15) is 11.6 Å². The largest absolute Gasteiger partial charge is 0.477 e. The molecule has 1 aromatic rings. The number of carboxylic acids is 1. The first-order valence-electron chi connectivity index (χ1n) is 13.1. The average molecular weight is 522 g/mol. The van der Waals surface area contributed by atoms with Gasteiger partial charge in [0.15, 0.2) is 0 Å². The van der Waals surface area contributed by atoms with E-state index in [1.54, 1.807) is 6.08 Å². The lowest BCUT2D eigenvalue weighted by Crippen LogP contribution is -2.36. The van der Waals surface area contributed by atoms with Crippen molar-refractivity contribution in [3.05, 3.63) is 75.1 Å². The molecule has 7 heteroatoms. The summed E-state index contributed by atoms with van der Waals surface area (Å²) in [5, 5.41) is 29.3.